The maximum absolute atomic E-state index is 5.07. The number of methoxy groups -OCH3 is 1. The molecule has 0 atom stereocenters. The largest absolute Gasteiger partial charge is 0.481 e. The Bertz CT molecular complexity index is 545. The van der Waals surface area contributed by atoms with E-state index in [9.17, 15) is 0 Å². The highest BCUT2D eigenvalue weighted by Crippen LogP contribution is 2.13. The van der Waals surface area contributed by atoms with Crippen molar-refractivity contribution in [1.82, 2.24) is 15.0 Å². The molecule has 0 saturated heterocycles. The van der Waals surface area contributed by atoms with E-state index in [1.807, 2.05) is 24.4 Å². The lowest BCUT2D eigenvalue weighted by atomic mass is 10.2. The Morgan fingerprint density at radius 1 is 1.19 bits per heavy atom. The molecule has 21 heavy (non-hydrogen) atoms. The maximum atomic E-state index is 5.07. The number of pyridine rings is 1. The van der Waals surface area contributed by atoms with E-state index in [1.165, 1.54) is 0 Å². The van der Waals surface area contributed by atoms with Crippen LogP contribution in [0.25, 0.3) is 0 Å². The lowest BCUT2D eigenvalue weighted by Gasteiger charge is -2.09. The quantitative estimate of drug-likeness (QED) is 0.848. The first kappa shape index (κ1) is 15.2. The predicted octanol–water partition coefficient (Wildman–Crippen LogP) is 2.86. The number of ether oxygens (including phenoxy) is 1. The summed E-state index contributed by atoms with van der Waals surface area (Å²) in [5.74, 6) is 2.34. The molecule has 0 saturated carbocycles. The molecular weight excluding hydrogens is 264 g/mol. The zero-order valence-corrected chi connectivity index (χ0v) is 12.9. The topological polar surface area (TPSA) is 59.9 Å². The van der Waals surface area contributed by atoms with Gasteiger partial charge >= 0.3 is 0 Å². The molecule has 0 amide bonds. The molecule has 5 nitrogen and oxygen atoms in total. The van der Waals surface area contributed by atoms with Crippen LogP contribution in [0.4, 0.5) is 5.82 Å². The Morgan fingerprint density at radius 3 is 2.67 bits per heavy atom. The normalized spacial score (nSPS) is 10.4. The smallest absolute Gasteiger partial charge is 0.212 e. The summed E-state index contributed by atoms with van der Waals surface area (Å²) in [6.07, 6.45) is 4.52. The van der Waals surface area contributed by atoms with Gasteiger partial charge in [-0.2, -0.15) is 0 Å². The first-order chi connectivity index (χ1) is 10.2. The second kappa shape index (κ2) is 7.57. The third kappa shape index (κ3) is 4.41. The summed E-state index contributed by atoms with van der Waals surface area (Å²) in [6, 6.07) is 5.88. The zero-order valence-electron chi connectivity index (χ0n) is 12.9. The summed E-state index contributed by atoms with van der Waals surface area (Å²) in [6.45, 7) is 5.07. The van der Waals surface area contributed by atoms with Crippen molar-refractivity contribution in [2.24, 2.45) is 0 Å². The van der Waals surface area contributed by atoms with E-state index in [0.717, 1.165) is 42.3 Å². The van der Waals surface area contributed by atoms with Gasteiger partial charge in [-0.05, 0) is 18.9 Å². The summed E-state index contributed by atoms with van der Waals surface area (Å²) in [7, 11) is 1.61. The molecule has 1 N–H and O–H groups in total. The summed E-state index contributed by atoms with van der Waals surface area (Å²) in [5, 5.41) is 3.26. The molecule has 0 spiro atoms. The zero-order chi connectivity index (χ0) is 15.1. The molecule has 0 radical (unpaired) electrons. The number of nitrogens with one attached hydrogen (secondary N) is 1. The summed E-state index contributed by atoms with van der Waals surface area (Å²) in [5.41, 5.74) is 2.16. The third-order valence-electron chi connectivity index (χ3n) is 3.06. The molecule has 0 bridgehead atoms. The van der Waals surface area contributed by atoms with Crippen LogP contribution in [0.3, 0.4) is 0 Å². The molecule has 2 rings (SSSR count). The van der Waals surface area contributed by atoms with Gasteiger partial charge in [0.1, 0.15) is 11.6 Å². The number of hydrogen-bond acceptors (Lipinski definition) is 5. The Kier molecular flexibility index (Phi) is 5.49. The molecule has 2 heterocycles. The predicted molar refractivity (Wildman–Crippen MR) is 83.8 cm³/mol. The van der Waals surface area contributed by atoms with Gasteiger partial charge in [0.2, 0.25) is 5.88 Å². The minimum Gasteiger partial charge on any atom is -0.481 e. The molecular formula is C16H22N4O. The van der Waals surface area contributed by atoms with Crippen LogP contribution in [-0.4, -0.2) is 28.6 Å². The Hall–Kier alpha value is -2.17. The molecule has 0 aliphatic heterocycles. The van der Waals surface area contributed by atoms with E-state index >= 15 is 0 Å². The molecule has 5 heteroatoms. The number of nitrogens with zero attached hydrogens (tertiary/aromatic N) is 3. The average Bonchev–Trinajstić information content (AvgIpc) is 2.48. The van der Waals surface area contributed by atoms with Crippen molar-refractivity contribution in [2.45, 2.75) is 33.1 Å². The van der Waals surface area contributed by atoms with E-state index in [2.05, 4.69) is 34.1 Å². The number of aryl methyl sites for hydroxylation is 1. The van der Waals surface area contributed by atoms with Crippen LogP contribution in [0, 0.1) is 0 Å². The molecule has 112 valence electrons. The highest BCUT2D eigenvalue weighted by Gasteiger charge is 2.06. The monoisotopic (exact) mass is 286 g/mol. The fourth-order valence-electron chi connectivity index (χ4n) is 2.11. The number of anilines is 1. The van der Waals surface area contributed by atoms with Crippen molar-refractivity contribution in [2.75, 3.05) is 19.0 Å². The van der Waals surface area contributed by atoms with E-state index < -0.39 is 0 Å². The SMILES string of the molecule is CCCc1cc(NCC)nc(Cc2ccc(OC)nc2)n1. The van der Waals surface area contributed by atoms with Gasteiger partial charge in [0.25, 0.3) is 0 Å². The van der Waals surface area contributed by atoms with Crippen LogP contribution >= 0.6 is 0 Å². The molecule has 0 aromatic carbocycles. The Labute approximate surface area is 125 Å². The highest BCUT2D eigenvalue weighted by molar-refractivity contribution is 5.36. The molecule has 0 aliphatic rings. The van der Waals surface area contributed by atoms with Gasteiger partial charge in [-0.15, -0.1) is 0 Å². The summed E-state index contributed by atoms with van der Waals surface area (Å²) < 4.78 is 5.07. The van der Waals surface area contributed by atoms with Gasteiger partial charge in [0.05, 0.1) is 7.11 Å². The van der Waals surface area contributed by atoms with Crippen molar-refractivity contribution < 1.29 is 4.74 Å². The third-order valence-corrected chi connectivity index (χ3v) is 3.06. The Balaban J connectivity index is 2.20. The van der Waals surface area contributed by atoms with Crippen LogP contribution in [0.2, 0.25) is 0 Å². The second-order valence-corrected chi connectivity index (χ2v) is 4.83. The average molecular weight is 286 g/mol. The lowest BCUT2D eigenvalue weighted by molar-refractivity contribution is 0.397. The number of aromatic nitrogens is 3. The van der Waals surface area contributed by atoms with Gasteiger partial charge in [0.15, 0.2) is 0 Å². The molecule has 0 fully saturated rings. The van der Waals surface area contributed by atoms with Crippen LogP contribution in [0.1, 0.15) is 37.4 Å². The maximum Gasteiger partial charge on any atom is 0.212 e. The summed E-state index contributed by atoms with van der Waals surface area (Å²) in [4.78, 5) is 13.4. The Morgan fingerprint density at radius 2 is 2.05 bits per heavy atom. The van der Waals surface area contributed by atoms with Gasteiger partial charge in [-0.1, -0.05) is 19.4 Å². The van der Waals surface area contributed by atoms with Gasteiger partial charge in [0, 0.05) is 37.0 Å². The van der Waals surface area contributed by atoms with Gasteiger partial charge in [-0.3, -0.25) is 0 Å². The highest BCUT2D eigenvalue weighted by atomic mass is 16.5. The fraction of sp³-hybridized carbons (Fsp3) is 0.438. The van der Waals surface area contributed by atoms with Crippen LogP contribution in [0.5, 0.6) is 5.88 Å². The van der Waals surface area contributed by atoms with E-state index in [0.29, 0.717) is 12.3 Å². The minimum absolute atomic E-state index is 0.618. The van der Waals surface area contributed by atoms with Crippen molar-refractivity contribution >= 4 is 5.82 Å². The first-order valence-electron chi connectivity index (χ1n) is 7.34. The van der Waals surface area contributed by atoms with Crippen molar-refractivity contribution in [3.8, 4) is 5.88 Å². The van der Waals surface area contributed by atoms with Gasteiger partial charge in [-0.25, -0.2) is 15.0 Å². The lowest BCUT2D eigenvalue weighted by Crippen LogP contribution is -2.07. The van der Waals surface area contributed by atoms with Crippen molar-refractivity contribution in [3.63, 3.8) is 0 Å². The first-order valence-corrected chi connectivity index (χ1v) is 7.34. The van der Waals surface area contributed by atoms with Gasteiger partial charge < -0.3 is 10.1 Å². The van der Waals surface area contributed by atoms with Crippen molar-refractivity contribution in [3.05, 3.63) is 41.5 Å². The molecule has 0 aliphatic carbocycles. The standard InChI is InChI=1S/C16H22N4O/c1-4-6-13-10-14(17-5-2)20-15(19-13)9-12-7-8-16(21-3)18-11-12/h7-8,10-11H,4-6,9H2,1-3H3,(H,17,19,20). The molecule has 0 unspecified atom stereocenters. The van der Waals surface area contributed by atoms with Crippen LogP contribution < -0.4 is 10.1 Å². The van der Waals surface area contributed by atoms with Crippen molar-refractivity contribution in [1.29, 1.82) is 0 Å². The van der Waals surface area contributed by atoms with E-state index in [1.54, 1.807) is 7.11 Å². The van der Waals surface area contributed by atoms with E-state index in [-0.39, 0.29) is 0 Å². The second-order valence-electron chi connectivity index (χ2n) is 4.83. The number of hydrogen-bond donors (Lipinski definition) is 1. The van der Waals surface area contributed by atoms with Crippen LogP contribution in [0.15, 0.2) is 24.4 Å². The summed E-state index contributed by atoms with van der Waals surface area (Å²) >= 11 is 0. The minimum atomic E-state index is 0.618. The van der Waals surface area contributed by atoms with E-state index in [4.69, 9.17) is 4.74 Å². The van der Waals surface area contributed by atoms with Crippen LogP contribution in [-0.2, 0) is 12.8 Å². The molecule has 2 aromatic heterocycles. The molecule has 2 aromatic rings. The fourth-order valence-corrected chi connectivity index (χ4v) is 2.11. The number of rotatable bonds is 7.